The molecular weight excluding hydrogens is 491 g/mol. The number of aldehydes is 1. The third-order valence-electron chi connectivity index (χ3n) is 7.13. The minimum atomic E-state index is -0.394. The molecule has 196 valence electrons. The molecule has 0 aliphatic carbocycles. The Kier molecular flexibility index (Phi) is 8.32. The molecule has 1 aliphatic heterocycles. The number of aryl methyl sites for hydroxylation is 1. The van der Waals surface area contributed by atoms with Gasteiger partial charge in [0.2, 0.25) is 0 Å². The number of nitrogens with zero attached hydrogens (tertiary/aromatic N) is 4. The summed E-state index contributed by atoms with van der Waals surface area (Å²) in [6.45, 7) is 9.45. The topological polar surface area (TPSA) is 58.6 Å². The van der Waals surface area contributed by atoms with Gasteiger partial charge in [0.05, 0.1) is 34.8 Å². The summed E-state index contributed by atoms with van der Waals surface area (Å²) in [5.41, 5.74) is 5.97. The first kappa shape index (κ1) is 26.9. The molecule has 0 amide bonds. The van der Waals surface area contributed by atoms with Crippen LogP contribution in [-0.2, 0) is 11.2 Å². The third-order valence-corrected chi connectivity index (χ3v) is 7.42. The Morgan fingerprint density at radius 2 is 1.92 bits per heavy atom. The number of carbonyl (C=O) groups is 1. The standard InChI is InChI=1S/C29H34ClFN4O2/c1-20-23(9-15-36)28(35-12-10-29(2,3)11-13-35)24(19-32-20)26-7-6-22(18-33-26)34(4)14-16-37-27-8-5-21(31)17-25(27)30/h5-8,15,17-19H,9-14,16H2,1-4H3. The smallest absolute Gasteiger partial charge is 0.138 e. The molecule has 3 aromatic rings. The van der Waals surface area contributed by atoms with Crippen molar-refractivity contribution >= 4 is 29.3 Å². The summed E-state index contributed by atoms with van der Waals surface area (Å²) >= 11 is 6.04. The number of halogens is 2. The fraction of sp³-hybridized carbons (Fsp3) is 0.414. The SMILES string of the molecule is Cc1ncc(-c2ccc(N(C)CCOc3ccc(F)cc3Cl)cn2)c(N2CCC(C)(C)CC2)c1CC=O. The number of anilines is 2. The van der Waals surface area contributed by atoms with Crippen LogP contribution in [0.4, 0.5) is 15.8 Å². The van der Waals surface area contributed by atoms with Gasteiger partial charge in [-0.2, -0.15) is 0 Å². The lowest BCUT2D eigenvalue weighted by atomic mass is 9.82. The zero-order chi connectivity index (χ0) is 26.6. The largest absolute Gasteiger partial charge is 0.490 e. The van der Waals surface area contributed by atoms with Gasteiger partial charge in [0.15, 0.2) is 0 Å². The number of hydrogen-bond donors (Lipinski definition) is 0. The Labute approximate surface area is 223 Å². The van der Waals surface area contributed by atoms with Crippen LogP contribution in [0.3, 0.4) is 0 Å². The van der Waals surface area contributed by atoms with Gasteiger partial charge in [0, 0.05) is 49.6 Å². The fourth-order valence-electron chi connectivity index (χ4n) is 4.63. The molecule has 3 heterocycles. The predicted octanol–water partition coefficient (Wildman–Crippen LogP) is 6.13. The van der Waals surface area contributed by atoms with E-state index in [1.54, 1.807) is 0 Å². The summed E-state index contributed by atoms with van der Waals surface area (Å²) in [5.74, 6) is 0.0616. The van der Waals surface area contributed by atoms with Crippen molar-refractivity contribution in [3.8, 4) is 17.0 Å². The van der Waals surface area contributed by atoms with Crippen molar-refractivity contribution in [2.75, 3.05) is 43.1 Å². The Balaban J connectivity index is 1.52. The average Bonchev–Trinajstić information content (AvgIpc) is 2.87. The average molecular weight is 525 g/mol. The van der Waals surface area contributed by atoms with Crippen LogP contribution in [0.5, 0.6) is 5.75 Å². The van der Waals surface area contributed by atoms with Gasteiger partial charge in [-0.15, -0.1) is 0 Å². The van der Waals surface area contributed by atoms with E-state index in [1.807, 2.05) is 43.4 Å². The van der Waals surface area contributed by atoms with E-state index < -0.39 is 5.82 Å². The lowest BCUT2D eigenvalue weighted by Crippen LogP contribution is -2.38. The van der Waals surface area contributed by atoms with Crippen LogP contribution in [0.1, 0.15) is 37.9 Å². The zero-order valence-electron chi connectivity index (χ0n) is 21.9. The van der Waals surface area contributed by atoms with E-state index in [9.17, 15) is 9.18 Å². The second-order valence-corrected chi connectivity index (χ2v) is 10.8. The molecule has 0 saturated carbocycles. The number of rotatable bonds is 9. The third kappa shape index (κ3) is 6.39. The number of aromatic nitrogens is 2. The van der Waals surface area contributed by atoms with Crippen molar-refractivity contribution in [2.45, 2.75) is 40.0 Å². The number of likely N-dealkylation sites (N-methyl/N-ethyl adjacent to an activating group) is 1. The molecule has 0 bridgehead atoms. The predicted molar refractivity (Wildman–Crippen MR) is 147 cm³/mol. The van der Waals surface area contributed by atoms with E-state index in [0.717, 1.165) is 66.1 Å². The molecule has 4 rings (SSSR count). The number of carbonyl (C=O) groups excluding carboxylic acids is 1. The molecule has 1 fully saturated rings. The quantitative estimate of drug-likeness (QED) is 0.314. The van der Waals surface area contributed by atoms with Crippen molar-refractivity contribution in [3.05, 3.63) is 64.8 Å². The van der Waals surface area contributed by atoms with Crippen molar-refractivity contribution in [1.29, 1.82) is 0 Å². The highest BCUT2D eigenvalue weighted by Gasteiger charge is 2.29. The summed E-state index contributed by atoms with van der Waals surface area (Å²) in [7, 11) is 1.96. The summed E-state index contributed by atoms with van der Waals surface area (Å²) in [6, 6.07) is 8.12. The van der Waals surface area contributed by atoms with E-state index in [1.165, 1.54) is 18.2 Å². The normalized spacial score (nSPS) is 14.9. The van der Waals surface area contributed by atoms with Crippen molar-refractivity contribution in [3.63, 3.8) is 0 Å². The molecule has 0 spiro atoms. The molecule has 0 atom stereocenters. The van der Waals surface area contributed by atoms with E-state index in [4.69, 9.17) is 21.3 Å². The lowest BCUT2D eigenvalue weighted by molar-refractivity contribution is -0.107. The Morgan fingerprint density at radius 3 is 2.57 bits per heavy atom. The van der Waals surface area contributed by atoms with Crippen molar-refractivity contribution < 1.29 is 13.9 Å². The number of piperidine rings is 1. The fourth-order valence-corrected chi connectivity index (χ4v) is 4.85. The van der Waals surface area contributed by atoms with Gasteiger partial charge in [-0.3, -0.25) is 9.97 Å². The highest BCUT2D eigenvalue weighted by Crippen LogP contribution is 2.39. The molecule has 1 saturated heterocycles. The van der Waals surface area contributed by atoms with Gasteiger partial charge in [0.1, 0.15) is 24.5 Å². The van der Waals surface area contributed by atoms with Crippen LogP contribution >= 0.6 is 11.6 Å². The number of pyridine rings is 2. The molecule has 1 aliphatic rings. The highest BCUT2D eigenvalue weighted by molar-refractivity contribution is 6.32. The van der Waals surface area contributed by atoms with Crippen LogP contribution in [0.15, 0.2) is 42.7 Å². The van der Waals surface area contributed by atoms with Gasteiger partial charge in [-0.05, 0) is 55.5 Å². The second kappa shape index (κ2) is 11.5. The van der Waals surface area contributed by atoms with Crippen molar-refractivity contribution in [2.24, 2.45) is 5.41 Å². The van der Waals surface area contributed by atoms with Crippen molar-refractivity contribution in [1.82, 2.24) is 9.97 Å². The van der Waals surface area contributed by atoms with E-state index in [-0.39, 0.29) is 5.02 Å². The lowest BCUT2D eigenvalue weighted by Gasteiger charge is -2.40. The summed E-state index contributed by atoms with van der Waals surface area (Å²) in [4.78, 5) is 25.4. The minimum Gasteiger partial charge on any atom is -0.490 e. The Hall–Kier alpha value is -3.19. The molecule has 6 nitrogen and oxygen atoms in total. The molecule has 2 aromatic heterocycles. The van der Waals surface area contributed by atoms with Crippen LogP contribution < -0.4 is 14.5 Å². The highest BCUT2D eigenvalue weighted by atomic mass is 35.5. The minimum absolute atomic E-state index is 0.252. The molecule has 0 N–H and O–H groups in total. The molecule has 1 aromatic carbocycles. The second-order valence-electron chi connectivity index (χ2n) is 10.4. The van der Waals surface area contributed by atoms with Gasteiger partial charge < -0.3 is 19.3 Å². The summed E-state index contributed by atoms with van der Waals surface area (Å²) in [6.07, 6.45) is 7.19. The molecular formula is C29H34ClFN4O2. The van der Waals surface area contributed by atoms with E-state index in [0.29, 0.717) is 30.7 Å². The van der Waals surface area contributed by atoms with Gasteiger partial charge in [0.25, 0.3) is 0 Å². The Morgan fingerprint density at radius 1 is 1.16 bits per heavy atom. The first-order valence-corrected chi connectivity index (χ1v) is 13.0. The summed E-state index contributed by atoms with van der Waals surface area (Å²) in [5, 5.41) is 0.252. The number of hydrogen-bond acceptors (Lipinski definition) is 6. The summed E-state index contributed by atoms with van der Waals surface area (Å²) < 4.78 is 19.0. The first-order chi connectivity index (χ1) is 17.7. The zero-order valence-corrected chi connectivity index (χ0v) is 22.7. The molecule has 0 unspecified atom stereocenters. The number of ether oxygens (including phenoxy) is 1. The molecule has 37 heavy (non-hydrogen) atoms. The van der Waals surface area contributed by atoms with E-state index >= 15 is 0 Å². The first-order valence-electron chi connectivity index (χ1n) is 12.6. The molecule has 0 radical (unpaired) electrons. The van der Waals surface area contributed by atoms with Crippen LogP contribution in [0, 0.1) is 18.2 Å². The maximum Gasteiger partial charge on any atom is 0.138 e. The van der Waals surface area contributed by atoms with Gasteiger partial charge >= 0.3 is 0 Å². The molecule has 8 heteroatoms. The van der Waals surface area contributed by atoms with Crippen LogP contribution in [-0.4, -0.2) is 49.5 Å². The van der Waals surface area contributed by atoms with Gasteiger partial charge in [-0.25, -0.2) is 4.39 Å². The van der Waals surface area contributed by atoms with E-state index in [2.05, 4.69) is 23.7 Å². The van der Waals surface area contributed by atoms with Crippen LogP contribution in [0.25, 0.3) is 11.3 Å². The van der Waals surface area contributed by atoms with Crippen LogP contribution in [0.2, 0.25) is 5.02 Å². The van der Waals surface area contributed by atoms with Gasteiger partial charge in [-0.1, -0.05) is 25.4 Å². The monoisotopic (exact) mass is 524 g/mol. The maximum atomic E-state index is 13.2. The Bertz CT molecular complexity index is 1240. The maximum absolute atomic E-state index is 13.2. The number of benzene rings is 1.